The number of aromatic nitrogens is 1. The molecule has 6 heteroatoms. The fourth-order valence-corrected chi connectivity index (χ4v) is 1.67. The van der Waals surface area contributed by atoms with Gasteiger partial charge in [0.1, 0.15) is 11.9 Å². The third-order valence-corrected chi connectivity index (χ3v) is 2.56. The Hall–Kier alpha value is -1.14. The Morgan fingerprint density at radius 1 is 1.73 bits per heavy atom. The summed E-state index contributed by atoms with van der Waals surface area (Å²) in [6.45, 7) is 0.162. The van der Waals surface area contributed by atoms with E-state index in [0.29, 0.717) is 12.4 Å². The Balaban J connectivity index is 2.21. The number of nitrogens with zero attached hydrogens (tertiary/aromatic N) is 2. The lowest BCUT2D eigenvalue weighted by Crippen LogP contribution is -2.26. The van der Waals surface area contributed by atoms with Crippen molar-refractivity contribution in [3.8, 4) is 0 Å². The maximum Gasteiger partial charge on any atom is 0.416 e. The molecule has 80 valence electrons. The predicted molar refractivity (Wildman–Crippen MR) is 56.6 cm³/mol. The molecule has 1 aliphatic rings. The summed E-state index contributed by atoms with van der Waals surface area (Å²) >= 11 is 3.29. The van der Waals surface area contributed by atoms with E-state index in [1.165, 1.54) is 4.90 Å². The standard InChI is InChI=1S/C9H9BrN2O3/c10-6-1-2-11-8(3-6)12-4-7(5-13)15-9(12)14/h1-3,7,13H,4-5H2. The number of anilines is 1. The highest BCUT2D eigenvalue weighted by molar-refractivity contribution is 9.10. The van der Waals surface area contributed by atoms with Crippen molar-refractivity contribution in [2.45, 2.75) is 6.10 Å². The second kappa shape index (κ2) is 4.16. The molecule has 5 nitrogen and oxygen atoms in total. The van der Waals surface area contributed by atoms with E-state index in [1.807, 2.05) is 0 Å². The van der Waals surface area contributed by atoms with Gasteiger partial charge in [0.25, 0.3) is 0 Å². The number of amides is 1. The van der Waals surface area contributed by atoms with Crippen LogP contribution in [0.3, 0.4) is 0 Å². The van der Waals surface area contributed by atoms with Crippen LogP contribution >= 0.6 is 15.9 Å². The fraction of sp³-hybridized carbons (Fsp3) is 0.333. The van der Waals surface area contributed by atoms with Crippen LogP contribution in [0.5, 0.6) is 0 Å². The Bertz CT molecular complexity index is 385. The normalized spacial score (nSPS) is 20.5. The molecule has 0 radical (unpaired) electrons. The minimum Gasteiger partial charge on any atom is -0.441 e. The smallest absolute Gasteiger partial charge is 0.416 e. The Kier molecular flexibility index (Phi) is 2.88. The second-order valence-electron chi connectivity index (χ2n) is 3.13. The van der Waals surface area contributed by atoms with Crippen LogP contribution in [0.25, 0.3) is 0 Å². The van der Waals surface area contributed by atoms with Crippen LogP contribution in [0.1, 0.15) is 0 Å². The highest BCUT2D eigenvalue weighted by atomic mass is 79.9. The van der Waals surface area contributed by atoms with Gasteiger partial charge in [0.15, 0.2) is 0 Å². The molecule has 1 N–H and O–H groups in total. The predicted octanol–water partition coefficient (Wildman–Crippen LogP) is 1.16. The van der Waals surface area contributed by atoms with Crippen LogP contribution in [0, 0.1) is 0 Å². The van der Waals surface area contributed by atoms with E-state index in [-0.39, 0.29) is 6.61 Å². The lowest BCUT2D eigenvalue weighted by molar-refractivity contribution is 0.0963. The highest BCUT2D eigenvalue weighted by Gasteiger charge is 2.32. The molecule has 1 saturated heterocycles. The average Bonchev–Trinajstić information content (AvgIpc) is 2.60. The highest BCUT2D eigenvalue weighted by Crippen LogP contribution is 2.21. The van der Waals surface area contributed by atoms with Gasteiger partial charge in [-0.05, 0) is 12.1 Å². The zero-order chi connectivity index (χ0) is 10.8. The number of rotatable bonds is 2. The molecule has 0 aromatic carbocycles. The van der Waals surface area contributed by atoms with Gasteiger partial charge in [0.2, 0.25) is 0 Å². The largest absolute Gasteiger partial charge is 0.441 e. The van der Waals surface area contributed by atoms with E-state index >= 15 is 0 Å². The summed E-state index contributed by atoms with van der Waals surface area (Å²) in [5.74, 6) is 0.519. The SMILES string of the molecule is O=C1OC(CO)CN1c1cc(Br)ccn1. The van der Waals surface area contributed by atoms with Crippen LogP contribution in [-0.2, 0) is 4.74 Å². The zero-order valence-corrected chi connectivity index (χ0v) is 9.35. The van der Waals surface area contributed by atoms with Crippen molar-refractivity contribution in [1.82, 2.24) is 4.98 Å². The summed E-state index contributed by atoms with van der Waals surface area (Å²) in [5, 5.41) is 8.87. The number of carbonyl (C=O) groups excluding carboxylic acids is 1. The molecule has 1 aliphatic heterocycles. The maximum absolute atomic E-state index is 11.4. The van der Waals surface area contributed by atoms with E-state index in [1.54, 1.807) is 18.3 Å². The first kappa shape index (κ1) is 10.4. The first-order valence-electron chi connectivity index (χ1n) is 4.41. The lowest BCUT2D eigenvalue weighted by atomic mass is 10.3. The van der Waals surface area contributed by atoms with E-state index in [4.69, 9.17) is 9.84 Å². The number of carbonyl (C=O) groups is 1. The van der Waals surface area contributed by atoms with Gasteiger partial charge in [0, 0.05) is 10.7 Å². The molecule has 2 rings (SSSR count). The molecule has 1 amide bonds. The Morgan fingerprint density at radius 3 is 3.13 bits per heavy atom. The molecule has 1 aromatic heterocycles. The van der Waals surface area contributed by atoms with Gasteiger partial charge in [-0.1, -0.05) is 15.9 Å². The maximum atomic E-state index is 11.4. The van der Waals surface area contributed by atoms with Gasteiger partial charge >= 0.3 is 6.09 Å². The molecule has 1 fully saturated rings. The Morgan fingerprint density at radius 2 is 2.53 bits per heavy atom. The van der Waals surface area contributed by atoms with Crippen LogP contribution in [0.2, 0.25) is 0 Å². The minimum absolute atomic E-state index is 0.170. The van der Waals surface area contributed by atoms with Crippen molar-refractivity contribution in [1.29, 1.82) is 0 Å². The van der Waals surface area contributed by atoms with Crippen molar-refractivity contribution in [3.05, 3.63) is 22.8 Å². The third-order valence-electron chi connectivity index (χ3n) is 2.06. The van der Waals surface area contributed by atoms with Crippen LogP contribution in [-0.4, -0.2) is 35.4 Å². The number of hydrogen-bond donors (Lipinski definition) is 1. The van der Waals surface area contributed by atoms with E-state index < -0.39 is 12.2 Å². The van der Waals surface area contributed by atoms with Crippen LogP contribution in [0.4, 0.5) is 10.6 Å². The number of pyridine rings is 1. The monoisotopic (exact) mass is 272 g/mol. The summed E-state index contributed by atoms with van der Waals surface area (Å²) in [4.78, 5) is 16.8. The van der Waals surface area contributed by atoms with Crippen molar-refractivity contribution in [2.75, 3.05) is 18.1 Å². The van der Waals surface area contributed by atoms with Crippen LogP contribution in [0.15, 0.2) is 22.8 Å². The van der Waals surface area contributed by atoms with Gasteiger partial charge in [-0.2, -0.15) is 0 Å². The number of hydrogen-bond acceptors (Lipinski definition) is 4. The molecular weight excluding hydrogens is 264 g/mol. The Labute approximate surface area is 94.8 Å². The number of ether oxygens (including phenoxy) is 1. The number of halogens is 1. The summed E-state index contributed by atoms with van der Waals surface area (Å²) in [6.07, 6.45) is 0.664. The summed E-state index contributed by atoms with van der Waals surface area (Å²) in [7, 11) is 0. The van der Waals surface area contributed by atoms with Crippen LogP contribution < -0.4 is 4.90 Å². The summed E-state index contributed by atoms with van der Waals surface area (Å²) in [5.41, 5.74) is 0. The van der Waals surface area contributed by atoms with Crippen molar-refractivity contribution in [3.63, 3.8) is 0 Å². The molecule has 1 unspecified atom stereocenters. The van der Waals surface area contributed by atoms with E-state index in [0.717, 1.165) is 4.47 Å². The first-order valence-corrected chi connectivity index (χ1v) is 5.20. The number of cyclic esters (lactones) is 1. The molecule has 1 atom stereocenters. The summed E-state index contributed by atoms with van der Waals surface area (Å²) in [6, 6.07) is 3.50. The van der Waals surface area contributed by atoms with E-state index in [9.17, 15) is 4.79 Å². The third kappa shape index (κ3) is 2.10. The molecule has 0 saturated carbocycles. The molecule has 2 heterocycles. The molecule has 15 heavy (non-hydrogen) atoms. The number of aliphatic hydroxyl groups is 1. The van der Waals surface area contributed by atoms with Crippen molar-refractivity contribution >= 4 is 27.8 Å². The van der Waals surface area contributed by atoms with Gasteiger partial charge in [-0.3, -0.25) is 4.90 Å². The zero-order valence-electron chi connectivity index (χ0n) is 7.76. The van der Waals surface area contributed by atoms with Gasteiger partial charge in [0.05, 0.1) is 13.2 Å². The number of aliphatic hydroxyl groups excluding tert-OH is 1. The molecule has 0 aliphatic carbocycles. The molecule has 1 aromatic rings. The molecular formula is C9H9BrN2O3. The second-order valence-corrected chi connectivity index (χ2v) is 4.05. The van der Waals surface area contributed by atoms with Crippen molar-refractivity contribution in [2.24, 2.45) is 0 Å². The topological polar surface area (TPSA) is 62.7 Å². The minimum atomic E-state index is -0.473. The fourth-order valence-electron chi connectivity index (χ4n) is 1.34. The molecule has 0 spiro atoms. The van der Waals surface area contributed by atoms with E-state index in [2.05, 4.69) is 20.9 Å². The van der Waals surface area contributed by atoms with Gasteiger partial charge in [-0.25, -0.2) is 9.78 Å². The quantitative estimate of drug-likeness (QED) is 0.878. The summed E-state index contributed by atoms with van der Waals surface area (Å²) < 4.78 is 5.74. The lowest BCUT2D eigenvalue weighted by Gasteiger charge is -2.11. The van der Waals surface area contributed by atoms with Crippen molar-refractivity contribution < 1.29 is 14.6 Å². The van der Waals surface area contributed by atoms with Gasteiger partial charge < -0.3 is 9.84 Å². The average molecular weight is 273 g/mol. The molecule has 0 bridgehead atoms. The van der Waals surface area contributed by atoms with Gasteiger partial charge in [-0.15, -0.1) is 0 Å². The first-order chi connectivity index (χ1) is 7.20.